The molecule has 0 spiro atoms. The van der Waals surface area contributed by atoms with Crippen LogP contribution in [0.25, 0.3) is 0 Å². The van der Waals surface area contributed by atoms with E-state index >= 15 is 0 Å². The lowest BCUT2D eigenvalue weighted by atomic mass is 10.2. The maximum absolute atomic E-state index is 12.4. The van der Waals surface area contributed by atoms with Crippen molar-refractivity contribution in [2.45, 2.75) is 50.1 Å². The minimum atomic E-state index is -3.55. The molecular weight excluding hydrogens is 300 g/mol. The van der Waals surface area contributed by atoms with Crippen LogP contribution in [0.2, 0.25) is 0 Å². The standard InChI is InChI=1S/C15H20N4O2S/c1-12(18-22(20,21)13-8-4-2-5-9-13)15-17-16-14-10-6-3-7-11-19(14)15/h2,4-5,8-9,12,18H,3,6-7,10-11H2,1H3/t12-/m0/s1. The van der Waals surface area contributed by atoms with Crippen molar-refractivity contribution in [1.29, 1.82) is 0 Å². The largest absolute Gasteiger partial charge is 0.314 e. The van der Waals surface area contributed by atoms with Crippen LogP contribution in [0.4, 0.5) is 0 Å². The zero-order chi connectivity index (χ0) is 15.6. The van der Waals surface area contributed by atoms with Gasteiger partial charge in [-0.3, -0.25) is 0 Å². The van der Waals surface area contributed by atoms with Crippen molar-refractivity contribution in [3.05, 3.63) is 42.0 Å². The van der Waals surface area contributed by atoms with Gasteiger partial charge in [0.15, 0.2) is 5.82 Å². The van der Waals surface area contributed by atoms with Gasteiger partial charge >= 0.3 is 0 Å². The Labute approximate surface area is 130 Å². The molecule has 2 aromatic rings. The lowest BCUT2D eigenvalue weighted by Gasteiger charge is -2.15. The van der Waals surface area contributed by atoms with Crippen molar-refractivity contribution >= 4 is 10.0 Å². The van der Waals surface area contributed by atoms with Crippen molar-refractivity contribution in [1.82, 2.24) is 19.5 Å². The molecule has 0 saturated heterocycles. The van der Waals surface area contributed by atoms with E-state index in [1.54, 1.807) is 30.3 Å². The normalized spacial score (nSPS) is 16.8. The van der Waals surface area contributed by atoms with Crippen molar-refractivity contribution in [3.63, 3.8) is 0 Å². The summed E-state index contributed by atoms with van der Waals surface area (Å²) >= 11 is 0. The average Bonchev–Trinajstić information content (AvgIpc) is 2.77. The summed E-state index contributed by atoms with van der Waals surface area (Å²) in [6.07, 6.45) is 4.27. The number of hydrogen-bond acceptors (Lipinski definition) is 4. The monoisotopic (exact) mass is 320 g/mol. The first kappa shape index (κ1) is 15.2. The molecule has 1 aliphatic rings. The Morgan fingerprint density at radius 2 is 1.91 bits per heavy atom. The lowest BCUT2D eigenvalue weighted by molar-refractivity contribution is 0.534. The molecule has 1 aliphatic heterocycles. The first-order valence-corrected chi connectivity index (χ1v) is 9.05. The molecule has 6 nitrogen and oxygen atoms in total. The third-order valence-corrected chi connectivity index (χ3v) is 5.47. The molecule has 0 bridgehead atoms. The van der Waals surface area contributed by atoms with Crippen molar-refractivity contribution in [3.8, 4) is 0 Å². The fraction of sp³-hybridized carbons (Fsp3) is 0.467. The second-order valence-electron chi connectivity index (χ2n) is 5.59. The smallest absolute Gasteiger partial charge is 0.241 e. The van der Waals surface area contributed by atoms with Crippen LogP contribution in [0, 0.1) is 0 Å². The summed E-state index contributed by atoms with van der Waals surface area (Å²) in [6.45, 7) is 2.66. The Hall–Kier alpha value is -1.73. The van der Waals surface area contributed by atoms with Crippen molar-refractivity contribution in [2.75, 3.05) is 0 Å². The predicted octanol–water partition coefficient (Wildman–Crippen LogP) is 2.04. The van der Waals surface area contributed by atoms with Gasteiger partial charge in [0.25, 0.3) is 0 Å². The Balaban J connectivity index is 1.83. The van der Waals surface area contributed by atoms with Gasteiger partial charge in [-0.15, -0.1) is 10.2 Å². The fourth-order valence-corrected chi connectivity index (χ4v) is 4.00. The lowest BCUT2D eigenvalue weighted by Crippen LogP contribution is -2.29. The average molecular weight is 320 g/mol. The van der Waals surface area contributed by atoms with Gasteiger partial charge in [-0.25, -0.2) is 13.1 Å². The number of fused-ring (bicyclic) bond motifs is 1. The third-order valence-electron chi connectivity index (χ3n) is 3.91. The number of aromatic nitrogens is 3. The van der Waals surface area contributed by atoms with E-state index in [1.165, 1.54) is 6.42 Å². The summed E-state index contributed by atoms with van der Waals surface area (Å²) in [4.78, 5) is 0.262. The molecule has 3 rings (SSSR count). The minimum Gasteiger partial charge on any atom is -0.314 e. The molecule has 0 radical (unpaired) electrons. The number of aryl methyl sites for hydroxylation is 1. The van der Waals surface area contributed by atoms with E-state index in [4.69, 9.17) is 0 Å². The number of nitrogens with zero attached hydrogens (tertiary/aromatic N) is 3. The zero-order valence-electron chi connectivity index (χ0n) is 12.6. The fourth-order valence-electron chi connectivity index (χ4n) is 2.78. The van der Waals surface area contributed by atoms with Gasteiger partial charge in [-0.1, -0.05) is 24.6 Å². The quantitative estimate of drug-likeness (QED) is 0.935. The van der Waals surface area contributed by atoms with E-state index in [0.29, 0.717) is 5.82 Å². The molecule has 1 N–H and O–H groups in total. The van der Waals surface area contributed by atoms with Gasteiger partial charge in [0.1, 0.15) is 5.82 Å². The van der Waals surface area contributed by atoms with E-state index in [1.807, 2.05) is 6.92 Å². The predicted molar refractivity (Wildman–Crippen MR) is 82.8 cm³/mol. The zero-order valence-corrected chi connectivity index (χ0v) is 13.4. The summed E-state index contributed by atoms with van der Waals surface area (Å²) < 4.78 is 29.6. The maximum Gasteiger partial charge on any atom is 0.241 e. The molecule has 1 aromatic heterocycles. The minimum absolute atomic E-state index is 0.262. The van der Waals surface area contributed by atoms with E-state index in [9.17, 15) is 8.42 Å². The van der Waals surface area contributed by atoms with E-state index in [0.717, 1.165) is 31.6 Å². The van der Waals surface area contributed by atoms with Crippen LogP contribution in [-0.2, 0) is 23.0 Å². The van der Waals surface area contributed by atoms with Crippen LogP contribution in [0.15, 0.2) is 35.2 Å². The highest BCUT2D eigenvalue weighted by atomic mass is 32.2. The van der Waals surface area contributed by atoms with Crippen LogP contribution in [0.5, 0.6) is 0 Å². The molecule has 22 heavy (non-hydrogen) atoms. The van der Waals surface area contributed by atoms with Crippen LogP contribution < -0.4 is 4.72 Å². The third kappa shape index (κ3) is 3.05. The highest BCUT2D eigenvalue weighted by molar-refractivity contribution is 7.89. The summed E-state index contributed by atoms with van der Waals surface area (Å²) in [7, 11) is -3.55. The Morgan fingerprint density at radius 1 is 1.14 bits per heavy atom. The Morgan fingerprint density at radius 3 is 2.68 bits per heavy atom. The van der Waals surface area contributed by atoms with Gasteiger partial charge in [-0.2, -0.15) is 0 Å². The summed E-state index contributed by atoms with van der Waals surface area (Å²) in [5.74, 6) is 1.65. The molecule has 118 valence electrons. The number of sulfonamides is 1. The number of hydrogen-bond donors (Lipinski definition) is 1. The first-order valence-electron chi connectivity index (χ1n) is 7.57. The Bertz CT molecular complexity index is 740. The number of rotatable bonds is 4. The first-order chi connectivity index (χ1) is 10.6. The van der Waals surface area contributed by atoms with Crippen LogP contribution in [0.3, 0.4) is 0 Å². The Kier molecular flexibility index (Phi) is 4.26. The van der Waals surface area contributed by atoms with Crippen LogP contribution in [0.1, 0.15) is 43.9 Å². The number of nitrogens with one attached hydrogen (secondary N) is 1. The highest BCUT2D eigenvalue weighted by Gasteiger charge is 2.24. The molecule has 7 heteroatoms. The molecule has 0 amide bonds. The van der Waals surface area contributed by atoms with Gasteiger partial charge in [0, 0.05) is 13.0 Å². The molecule has 1 aromatic carbocycles. The van der Waals surface area contributed by atoms with Crippen molar-refractivity contribution < 1.29 is 8.42 Å². The van der Waals surface area contributed by atoms with E-state index in [-0.39, 0.29) is 4.90 Å². The molecule has 0 fully saturated rings. The molecule has 1 atom stereocenters. The molecule has 0 unspecified atom stereocenters. The van der Waals surface area contributed by atoms with Crippen LogP contribution >= 0.6 is 0 Å². The van der Waals surface area contributed by atoms with E-state index < -0.39 is 16.1 Å². The molecule has 2 heterocycles. The summed E-state index contributed by atoms with van der Waals surface area (Å²) in [5, 5.41) is 8.42. The molecular formula is C15H20N4O2S. The van der Waals surface area contributed by atoms with E-state index in [2.05, 4.69) is 19.5 Å². The topological polar surface area (TPSA) is 76.9 Å². The van der Waals surface area contributed by atoms with Crippen LogP contribution in [-0.4, -0.2) is 23.2 Å². The van der Waals surface area contributed by atoms with Crippen molar-refractivity contribution in [2.24, 2.45) is 0 Å². The summed E-state index contributed by atoms with van der Waals surface area (Å²) in [6, 6.07) is 7.97. The van der Waals surface area contributed by atoms with Gasteiger partial charge in [0.2, 0.25) is 10.0 Å². The second-order valence-corrected chi connectivity index (χ2v) is 7.31. The van der Waals surface area contributed by atoms with Gasteiger partial charge < -0.3 is 4.57 Å². The highest BCUT2D eigenvalue weighted by Crippen LogP contribution is 2.20. The molecule has 0 aliphatic carbocycles. The van der Waals surface area contributed by atoms with Gasteiger partial charge in [0.05, 0.1) is 10.9 Å². The summed E-state index contributed by atoms with van der Waals surface area (Å²) in [5.41, 5.74) is 0. The van der Waals surface area contributed by atoms with Gasteiger partial charge in [-0.05, 0) is 31.9 Å². The second kappa shape index (κ2) is 6.18. The molecule has 0 saturated carbocycles. The maximum atomic E-state index is 12.4. The SMILES string of the molecule is C[C@H](NS(=O)(=O)c1ccccc1)c1nnc2n1CCCCC2. The number of benzene rings is 1.